The first kappa shape index (κ1) is 17.2. The van der Waals surface area contributed by atoms with E-state index in [0.717, 1.165) is 6.42 Å². The molecule has 0 spiro atoms. The molecule has 0 unspecified atom stereocenters. The molecule has 1 aliphatic rings. The topological polar surface area (TPSA) is 67.4 Å². The van der Waals surface area contributed by atoms with E-state index in [2.05, 4.69) is 10.0 Å². The van der Waals surface area contributed by atoms with Crippen molar-refractivity contribution in [3.8, 4) is 0 Å². The van der Waals surface area contributed by atoms with E-state index in [0.29, 0.717) is 38.1 Å². The highest BCUT2D eigenvalue weighted by Gasteiger charge is 2.36. The lowest BCUT2D eigenvalue weighted by Gasteiger charge is -2.34. The Morgan fingerprint density at radius 3 is 2.68 bits per heavy atom. The van der Waals surface area contributed by atoms with E-state index in [1.54, 1.807) is 25.3 Å². The zero-order valence-electron chi connectivity index (χ0n) is 12.8. The Morgan fingerprint density at radius 2 is 2.05 bits per heavy atom. The van der Waals surface area contributed by atoms with Gasteiger partial charge < -0.3 is 10.1 Å². The van der Waals surface area contributed by atoms with Crippen molar-refractivity contribution in [3.05, 3.63) is 24.3 Å². The van der Waals surface area contributed by atoms with Gasteiger partial charge in [0.05, 0.1) is 5.69 Å². The summed E-state index contributed by atoms with van der Waals surface area (Å²) < 4.78 is 46.2. The summed E-state index contributed by atoms with van der Waals surface area (Å²) in [7, 11) is -2.05. The second kappa shape index (κ2) is 7.39. The summed E-state index contributed by atoms with van der Waals surface area (Å²) in [6, 6.07) is 6.57. The predicted octanol–water partition coefficient (Wildman–Crippen LogP) is 2.31. The maximum atomic E-state index is 14.1. The maximum absolute atomic E-state index is 14.1. The van der Waals surface area contributed by atoms with Crippen molar-refractivity contribution in [2.75, 3.05) is 32.1 Å². The van der Waals surface area contributed by atoms with Crippen LogP contribution in [0.25, 0.3) is 0 Å². The average Bonchev–Trinajstić information content (AvgIpc) is 2.48. The molecule has 1 fully saturated rings. The Labute approximate surface area is 131 Å². The van der Waals surface area contributed by atoms with Crippen LogP contribution in [-0.2, 0) is 14.8 Å². The van der Waals surface area contributed by atoms with Crippen LogP contribution in [0.4, 0.5) is 10.1 Å². The van der Waals surface area contributed by atoms with E-state index in [1.165, 1.54) is 6.07 Å². The van der Waals surface area contributed by atoms with Gasteiger partial charge in [-0.15, -0.1) is 0 Å². The van der Waals surface area contributed by atoms with Gasteiger partial charge in [-0.1, -0.05) is 12.1 Å². The highest BCUT2D eigenvalue weighted by atomic mass is 32.2. The minimum Gasteiger partial charge on any atom is -0.385 e. The summed E-state index contributed by atoms with van der Waals surface area (Å²) in [6.45, 7) is 0.938. The number of nitrogens with one attached hydrogen (secondary N) is 2. The molecule has 0 atom stereocenters. The first-order valence-corrected chi connectivity index (χ1v) is 8.96. The maximum Gasteiger partial charge on any atom is 0.242 e. The molecule has 1 saturated carbocycles. The molecule has 5 nitrogen and oxygen atoms in total. The van der Waals surface area contributed by atoms with Crippen molar-refractivity contribution < 1.29 is 17.5 Å². The van der Waals surface area contributed by atoms with Gasteiger partial charge >= 0.3 is 0 Å². The Kier molecular flexibility index (Phi) is 5.77. The third-order valence-electron chi connectivity index (χ3n) is 3.84. The van der Waals surface area contributed by atoms with Crippen molar-refractivity contribution in [3.63, 3.8) is 0 Å². The fourth-order valence-corrected chi connectivity index (χ4v) is 3.59. The van der Waals surface area contributed by atoms with Crippen molar-refractivity contribution in [1.29, 1.82) is 0 Å². The number of anilines is 1. The molecule has 124 valence electrons. The Hall–Kier alpha value is -1.18. The number of benzene rings is 1. The van der Waals surface area contributed by atoms with Gasteiger partial charge in [-0.3, -0.25) is 0 Å². The molecule has 0 aliphatic heterocycles. The Bertz CT molecular complexity index is 588. The molecular weight excluding hydrogens is 307 g/mol. The lowest BCUT2D eigenvalue weighted by Crippen LogP contribution is -2.39. The van der Waals surface area contributed by atoms with Crippen molar-refractivity contribution in [1.82, 2.24) is 4.72 Å². The largest absolute Gasteiger partial charge is 0.385 e. The van der Waals surface area contributed by atoms with Crippen LogP contribution in [0.3, 0.4) is 0 Å². The first-order valence-electron chi connectivity index (χ1n) is 7.47. The van der Waals surface area contributed by atoms with Crippen molar-refractivity contribution in [2.45, 2.75) is 36.2 Å². The van der Waals surface area contributed by atoms with Crippen LogP contribution in [-0.4, -0.2) is 40.9 Å². The van der Waals surface area contributed by atoms with E-state index in [-0.39, 0.29) is 11.4 Å². The van der Waals surface area contributed by atoms with Crippen LogP contribution in [0.2, 0.25) is 0 Å². The molecule has 22 heavy (non-hydrogen) atoms. The highest BCUT2D eigenvalue weighted by Crippen LogP contribution is 2.36. The van der Waals surface area contributed by atoms with Gasteiger partial charge in [-0.05, 0) is 37.8 Å². The van der Waals surface area contributed by atoms with Crippen LogP contribution in [0.15, 0.2) is 29.2 Å². The second-order valence-corrected chi connectivity index (χ2v) is 7.33. The number of para-hydroxylation sites is 1. The second-order valence-electron chi connectivity index (χ2n) is 5.60. The number of hydrogen-bond acceptors (Lipinski definition) is 4. The molecule has 7 heteroatoms. The molecule has 1 aromatic carbocycles. The predicted molar refractivity (Wildman–Crippen MR) is 84.3 cm³/mol. The minimum absolute atomic E-state index is 0.142. The van der Waals surface area contributed by atoms with Crippen molar-refractivity contribution >= 4 is 15.7 Å². The van der Waals surface area contributed by atoms with E-state index in [9.17, 15) is 12.8 Å². The molecule has 0 aromatic heterocycles. The molecule has 0 amide bonds. The van der Waals surface area contributed by atoms with Crippen LogP contribution >= 0.6 is 0 Å². The number of alkyl halides is 1. The quantitative estimate of drug-likeness (QED) is 0.682. The highest BCUT2D eigenvalue weighted by molar-refractivity contribution is 7.89. The summed E-state index contributed by atoms with van der Waals surface area (Å²) in [5.74, 6) is 0. The molecule has 2 N–H and O–H groups in total. The van der Waals surface area contributed by atoms with Crippen LogP contribution in [0.5, 0.6) is 0 Å². The monoisotopic (exact) mass is 330 g/mol. The van der Waals surface area contributed by atoms with E-state index in [1.807, 2.05) is 0 Å². The average molecular weight is 330 g/mol. The number of ether oxygens (including phenoxy) is 1. The van der Waals surface area contributed by atoms with E-state index >= 15 is 0 Å². The molecule has 0 saturated heterocycles. The summed E-state index contributed by atoms with van der Waals surface area (Å²) in [5, 5.41) is 2.94. The van der Waals surface area contributed by atoms with E-state index < -0.39 is 15.7 Å². The van der Waals surface area contributed by atoms with Gasteiger partial charge in [0.25, 0.3) is 0 Å². The lowest BCUT2D eigenvalue weighted by atomic mass is 9.82. The number of rotatable bonds is 9. The summed E-state index contributed by atoms with van der Waals surface area (Å²) in [6.07, 6.45) is 2.55. The van der Waals surface area contributed by atoms with Gasteiger partial charge in [-0.25, -0.2) is 17.5 Å². The molecule has 0 bridgehead atoms. The first-order chi connectivity index (χ1) is 10.5. The zero-order valence-corrected chi connectivity index (χ0v) is 13.6. The van der Waals surface area contributed by atoms with E-state index in [4.69, 9.17) is 4.74 Å². The fraction of sp³-hybridized carbons (Fsp3) is 0.600. The van der Waals surface area contributed by atoms with Gasteiger partial charge in [-0.2, -0.15) is 0 Å². The minimum atomic E-state index is -3.62. The van der Waals surface area contributed by atoms with Crippen LogP contribution < -0.4 is 10.0 Å². The normalized spacial score (nSPS) is 17.0. The summed E-state index contributed by atoms with van der Waals surface area (Å²) >= 11 is 0. The fourth-order valence-electron chi connectivity index (χ4n) is 2.34. The van der Waals surface area contributed by atoms with Gasteiger partial charge in [0.1, 0.15) is 10.6 Å². The smallest absolute Gasteiger partial charge is 0.242 e. The number of hydrogen-bond donors (Lipinski definition) is 2. The Balaban J connectivity index is 2.03. The zero-order chi connectivity index (χ0) is 16.1. The van der Waals surface area contributed by atoms with Gasteiger partial charge in [0.15, 0.2) is 0 Å². The Morgan fingerprint density at radius 1 is 1.32 bits per heavy atom. The van der Waals surface area contributed by atoms with Crippen LogP contribution in [0.1, 0.15) is 25.7 Å². The van der Waals surface area contributed by atoms with Crippen LogP contribution in [0, 0.1) is 0 Å². The summed E-state index contributed by atoms with van der Waals surface area (Å²) in [4.78, 5) is 0.148. The SMILES string of the molecule is COCCCNS(=O)(=O)c1ccccc1NCC1(F)CCC1. The molecular formula is C15H23FN2O3S. The molecule has 1 aliphatic carbocycles. The third kappa shape index (κ3) is 4.41. The molecule has 0 heterocycles. The number of sulfonamides is 1. The van der Waals surface area contributed by atoms with Gasteiger partial charge in [0, 0.05) is 26.8 Å². The standard InChI is InChI=1S/C15H23FN2O3S/c1-21-11-5-10-18-22(19,20)14-7-3-2-6-13(14)17-12-15(16)8-4-9-15/h2-3,6-7,17-18H,4-5,8-12H2,1H3. The molecule has 1 aromatic rings. The van der Waals surface area contributed by atoms with Crippen molar-refractivity contribution in [2.24, 2.45) is 0 Å². The van der Waals surface area contributed by atoms with Gasteiger partial charge in [0.2, 0.25) is 10.0 Å². The lowest BCUT2D eigenvalue weighted by molar-refractivity contribution is 0.0784. The summed E-state index contributed by atoms with van der Waals surface area (Å²) in [5.41, 5.74) is -0.770. The third-order valence-corrected chi connectivity index (χ3v) is 5.36. The molecule has 0 radical (unpaired) electrons. The number of methoxy groups -OCH3 is 1. The number of halogens is 1. The molecule has 2 rings (SSSR count).